The summed E-state index contributed by atoms with van der Waals surface area (Å²) in [5.74, 6) is 0.0645. The first-order valence-electron chi connectivity index (χ1n) is 12.2. The number of hydrogen-bond acceptors (Lipinski definition) is 4. The number of phenols is 1. The van der Waals surface area contributed by atoms with Crippen LogP contribution in [-0.4, -0.2) is 51.7 Å². The molecule has 2 aromatic rings. The third-order valence-corrected chi connectivity index (χ3v) is 5.54. The van der Waals surface area contributed by atoms with E-state index in [0.717, 1.165) is 55.0 Å². The molecule has 1 atom stereocenters. The first-order chi connectivity index (χ1) is 15.6. The number of amides is 2. The zero-order valence-corrected chi connectivity index (χ0v) is 20.9. The van der Waals surface area contributed by atoms with Gasteiger partial charge in [-0.1, -0.05) is 39.5 Å². The van der Waals surface area contributed by atoms with Crippen molar-refractivity contribution >= 4 is 22.9 Å². The lowest BCUT2D eigenvalue weighted by Crippen LogP contribution is -2.51. The van der Waals surface area contributed by atoms with Gasteiger partial charge in [-0.2, -0.15) is 0 Å². The second kappa shape index (κ2) is 12.5. The van der Waals surface area contributed by atoms with E-state index < -0.39 is 17.7 Å². The summed E-state index contributed by atoms with van der Waals surface area (Å²) in [6.45, 7) is 11.0. The van der Waals surface area contributed by atoms with Gasteiger partial charge in [0.05, 0.1) is 0 Å². The van der Waals surface area contributed by atoms with Crippen LogP contribution in [0.2, 0.25) is 0 Å². The first kappa shape index (κ1) is 26.6. The molecule has 3 N–H and O–H groups in total. The molecular weight excluding hydrogens is 418 g/mol. The molecule has 2 amide bonds. The highest BCUT2D eigenvalue weighted by Gasteiger charge is 2.29. The second-order valence-corrected chi connectivity index (χ2v) is 9.69. The van der Waals surface area contributed by atoms with Crippen molar-refractivity contribution in [2.75, 3.05) is 13.1 Å². The molecule has 1 heterocycles. The molecule has 0 fully saturated rings. The number of carbonyl (C=O) groups is 2. The number of phenolic OH excluding ortho intramolecular Hbond substituents is 1. The van der Waals surface area contributed by atoms with Gasteiger partial charge < -0.3 is 25.0 Å². The van der Waals surface area contributed by atoms with Crippen LogP contribution >= 0.6 is 0 Å². The van der Waals surface area contributed by atoms with E-state index >= 15 is 0 Å². The topological polar surface area (TPSA) is 94.7 Å². The average Bonchev–Trinajstić information content (AvgIpc) is 3.12. The van der Waals surface area contributed by atoms with Crippen LogP contribution in [-0.2, 0) is 16.0 Å². The highest BCUT2D eigenvalue weighted by Crippen LogP contribution is 2.24. The lowest BCUT2D eigenvalue weighted by molar-refractivity contribution is -0.133. The number of carbonyl (C=O) groups excluding carboxylic acids is 2. The van der Waals surface area contributed by atoms with Crippen LogP contribution < -0.4 is 5.32 Å². The van der Waals surface area contributed by atoms with Crippen LogP contribution in [0.3, 0.4) is 0 Å². The molecule has 1 aromatic heterocycles. The van der Waals surface area contributed by atoms with Gasteiger partial charge in [-0.3, -0.25) is 4.79 Å². The van der Waals surface area contributed by atoms with Crippen LogP contribution in [0.25, 0.3) is 10.9 Å². The normalized spacial score (nSPS) is 12.5. The fraction of sp³-hybridized carbons (Fsp3) is 0.615. The Morgan fingerprint density at radius 3 is 2.30 bits per heavy atom. The van der Waals surface area contributed by atoms with Crippen molar-refractivity contribution in [1.29, 1.82) is 0 Å². The molecule has 0 aliphatic carbocycles. The highest BCUT2D eigenvalue weighted by molar-refractivity contribution is 5.89. The molecule has 2 rings (SSSR count). The molecule has 0 aliphatic rings. The predicted molar refractivity (Wildman–Crippen MR) is 132 cm³/mol. The van der Waals surface area contributed by atoms with Crippen molar-refractivity contribution in [2.24, 2.45) is 0 Å². The van der Waals surface area contributed by atoms with Crippen LogP contribution in [0.1, 0.15) is 78.7 Å². The van der Waals surface area contributed by atoms with E-state index in [2.05, 4.69) is 24.1 Å². The van der Waals surface area contributed by atoms with Gasteiger partial charge in [0.2, 0.25) is 5.91 Å². The average molecular weight is 460 g/mol. The van der Waals surface area contributed by atoms with E-state index in [0.29, 0.717) is 19.5 Å². The summed E-state index contributed by atoms with van der Waals surface area (Å²) in [7, 11) is 0. The number of H-pyrrole nitrogens is 1. The summed E-state index contributed by atoms with van der Waals surface area (Å²) < 4.78 is 5.45. The number of aromatic hydroxyl groups is 1. The largest absolute Gasteiger partial charge is 0.508 e. The molecule has 0 bridgehead atoms. The standard InChI is InChI=1S/C26H41N3O4/c1-6-8-10-14-29(15-11-9-7-2)24(31)23(28-25(32)33-26(3,4)5)16-19-18-27-22-13-12-20(30)17-21(19)22/h12-13,17-18,23,27,30H,6-11,14-16H2,1-5H3,(H,28,32)/t23-/m0/s1. The van der Waals surface area contributed by atoms with Gasteiger partial charge in [0, 0.05) is 36.6 Å². The molecule has 0 radical (unpaired) electrons. The number of rotatable bonds is 12. The van der Waals surface area contributed by atoms with Gasteiger partial charge in [0.1, 0.15) is 17.4 Å². The summed E-state index contributed by atoms with van der Waals surface area (Å²) in [5, 5.41) is 13.6. The van der Waals surface area contributed by atoms with Crippen molar-refractivity contribution in [2.45, 2.75) is 91.2 Å². The molecule has 0 saturated heterocycles. The summed E-state index contributed by atoms with van der Waals surface area (Å²) in [5.41, 5.74) is 1.07. The van der Waals surface area contributed by atoms with E-state index in [1.54, 1.807) is 39.0 Å². The molecule has 0 saturated carbocycles. The molecule has 7 nitrogen and oxygen atoms in total. The number of aromatic nitrogens is 1. The summed E-state index contributed by atoms with van der Waals surface area (Å²) >= 11 is 0. The zero-order chi connectivity index (χ0) is 24.4. The summed E-state index contributed by atoms with van der Waals surface area (Å²) in [6, 6.07) is 4.34. The Morgan fingerprint density at radius 1 is 1.09 bits per heavy atom. The van der Waals surface area contributed by atoms with E-state index in [1.165, 1.54) is 0 Å². The number of hydrogen-bond donors (Lipinski definition) is 3. The zero-order valence-electron chi connectivity index (χ0n) is 20.9. The third kappa shape index (κ3) is 8.63. The van der Waals surface area contributed by atoms with Gasteiger partial charge in [-0.25, -0.2) is 4.79 Å². The maximum atomic E-state index is 13.7. The molecule has 7 heteroatoms. The number of fused-ring (bicyclic) bond motifs is 1. The Bertz CT molecular complexity index is 891. The molecule has 0 spiro atoms. The van der Waals surface area contributed by atoms with Crippen molar-refractivity contribution in [3.63, 3.8) is 0 Å². The van der Waals surface area contributed by atoms with E-state index in [1.807, 2.05) is 11.1 Å². The number of alkyl carbamates (subject to hydrolysis) is 1. The Kier molecular flexibility index (Phi) is 10.1. The summed E-state index contributed by atoms with van der Waals surface area (Å²) in [4.78, 5) is 31.3. The Morgan fingerprint density at radius 2 is 1.73 bits per heavy atom. The van der Waals surface area contributed by atoms with Gasteiger partial charge in [-0.05, 0) is 57.4 Å². The fourth-order valence-electron chi connectivity index (χ4n) is 3.86. The van der Waals surface area contributed by atoms with Crippen LogP contribution in [0, 0.1) is 0 Å². The van der Waals surface area contributed by atoms with Crippen molar-refractivity contribution < 1.29 is 19.4 Å². The smallest absolute Gasteiger partial charge is 0.408 e. The molecule has 184 valence electrons. The maximum Gasteiger partial charge on any atom is 0.408 e. The number of aromatic amines is 1. The van der Waals surface area contributed by atoms with Gasteiger partial charge >= 0.3 is 6.09 Å². The number of nitrogens with zero attached hydrogens (tertiary/aromatic N) is 1. The number of benzene rings is 1. The number of nitrogens with one attached hydrogen (secondary N) is 2. The van der Waals surface area contributed by atoms with Crippen molar-refractivity contribution in [1.82, 2.24) is 15.2 Å². The third-order valence-electron chi connectivity index (χ3n) is 5.54. The quantitative estimate of drug-likeness (QED) is 0.364. The minimum Gasteiger partial charge on any atom is -0.508 e. The lowest BCUT2D eigenvalue weighted by Gasteiger charge is -2.29. The Balaban J connectivity index is 2.28. The maximum absolute atomic E-state index is 13.7. The van der Waals surface area contributed by atoms with Crippen LogP contribution in [0.5, 0.6) is 5.75 Å². The highest BCUT2D eigenvalue weighted by atomic mass is 16.6. The summed E-state index contributed by atoms with van der Waals surface area (Å²) in [6.07, 6.45) is 7.69. The molecule has 33 heavy (non-hydrogen) atoms. The van der Waals surface area contributed by atoms with Gasteiger partial charge in [0.15, 0.2) is 0 Å². The van der Waals surface area contributed by atoms with E-state index in [-0.39, 0.29) is 11.7 Å². The number of ether oxygens (including phenoxy) is 1. The lowest BCUT2D eigenvalue weighted by atomic mass is 10.0. The van der Waals surface area contributed by atoms with Gasteiger partial charge in [-0.15, -0.1) is 0 Å². The van der Waals surface area contributed by atoms with Crippen molar-refractivity contribution in [3.8, 4) is 5.75 Å². The number of unbranched alkanes of at least 4 members (excludes halogenated alkanes) is 4. The van der Waals surface area contributed by atoms with Crippen LogP contribution in [0.4, 0.5) is 4.79 Å². The van der Waals surface area contributed by atoms with E-state index in [4.69, 9.17) is 4.74 Å². The minimum absolute atomic E-state index is 0.0948. The molecule has 1 aromatic carbocycles. The van der Waals surface area contributed by atoms with Crippen LogP contribution in [0.15, 0.2) is 24.4 Å². The Hall–Kier alpha value is -2.70. The van der Waals surface area contributed by atoms with Crippen molar-refractivity contribution in [3.05, 3.63) is 30.0 Å². The van der Waals surface area contributed by atoms with E-state index in [9.17, 15) is 14.7 Å². The SMILES string of the molecule is CCCCCN(CCCCC)C(=O)[C@H](Cc1c[nH]c2ccc(O)cc12)NC(=O)OC(C)(C)C. The predicted octanol–water partition coefficient (Wildman–Crippen LogP) is 5.52. The molecule has 0 unspecified atom stereocenters. The fourth-order valence-corrected chi connectivity index (χ4v) is 3.86. The Labute approximate surface area is 197 Å². The molecule has 0 aliphatic heterocycles. The second-order valence-electron chi connectivity index (χ2n) is 9.69. The minimum atomic E-state index is -0.760. The first-order valence-corrected chi connectivity index (χ1v) is 12.2. The monoisotopic (exact) mass is 459 g/mol. The molecular formula is C26H41N3O4. The van der Waals surface area contributed by atoms with Gasteiger partial charge in [0.25, 0.3) is 0 Å².